The van der Waals surface area contributed by atoms with E-state index < -0.39 is 0 Å². The Hall–Kier alpha value is -2.49. The highest BCUT2D eigenvalue weighted by Gasteiger charge is 2.25. The van der Waals surface area contributed by atoms with Crippen molar-refractivity contribution in [2.24, 2.45) is 5.92 Å². The summed E-state index contributed by atoms with van der Waals surface area (Å²) in [4.78, 5) is 12.5. The van der Waals surface area contributed by atoms with E-state index in [2.05, 4.69) is 31.3 Å². The number of anilines is 1. The molecule has 164 valence electrons. The molecule has 1 N–H and O–H groups in total. The van der Waals surface area contributed by atoms with Gasteiger partial charge in [0, 0.05) is 12.2 Å². The molecule has 0 amide bonds. The number of esters is 1. The molecule has 0 aliphatic carbocycles. The molecule has 0 bridgehead atoms. The number of rotatable bonds is 15. The first-order valence-electron chi connectivity index (χ1n) is 11.4. The Morgan fingerprint density at radius 1 is 0.933 bits per heavy atom. The van der Waals surface area contributed by atoms with Gasteiger partial charge in [-0.3, -0.25) is 4.79 Å². The molecule has 2 atom stereocenters. The van der Waals surface area contributed by atoms with E-state index in [0.29, 0.717) is 18.9 Å². The van der Waals surface area contributed by atoms with Gasteiger partial charge in [0.25, 0.3) is 0 Å². The zero-order valence-electron chi connectivity index (χ0n) is 18.5. The third-order valence-corrected chi connectivity index (χ3v) is 5.31. The molecule has 0 aliphatic heterocycles. The van der Waals surface area contributed by atoms with Crippen molar-refractivity contribution in [1.82, 2.24) is 0 Å². The molecule has 0 heterocycles. The van der Waals surface area contributed by atoms with E-state index >= 15 is 0 Å². The van der Waals surface area contributed by atoms with Crippen molar-refractivity contribution in [1.29, 1.82) is 0 Å². The van der Waals surface area contributed by atoms with Crippen LogP contribution >= 0.6 is 0 Å². The van der Waals surface area contributed by atoms with Gasteiger partial charge in [-0.05, 0) is 55.9 Å². The van der Waals surface area contributed by atoms with E-state index in [1.165, 1.54) is 0 Å². The van der Waals surface area contributed by atoms with E-state index in [1.54, 1.807) is 0 Å². The minimum absolute atomic E-state index is 0.142. The Morgan fingerprint density at radius 3 is 2.30 bits per heavy atom. The summed E-state index contributed by atoms with van der Waals surface area (Å²) in [7, 11) is 0. The molecule has 0 aromatic heterocycles. The van der Waals surface area contributed by atoms with Crippen LogP contribution in [-0.2, 0) is 9.53 Å². The number of para-hydroxylation sites is 2. The molecule has 0 saturated carbocycles. The second kappa shape index (κ2) is 14.5. The molecule has 2 aromatic carbocycles. The van der Waals surface area contributed by atoms with Gasteiger partial charge in [-0.15, -0.1) is 0 Å². The molecule has 0 spiro atoms. The van der Waals surface area contributed by atoms with Crippen molar-refractivity contribution in [3.8, 4) is 5.75 Å². The summed E-state index contributed by atoms with van der Waals surface area (Å²) in [6.45, 7) is 5.70. The molecular formula is C26H37NO3. The van der Waals surface area contributed by atoms with Crippen LogP contribution in [0.3, 0.4) is 0 Å². The van der Waals surface area contributed by atoms with Crippen LogP contribution in [0.5, 0.6) is 5.75 Å². The predicted octanol–water partition coefficient (Wildman–Crippen LogP) is 6.48. The van der Waals surface area contributed by atoms with Crippen molar-refractivity contribution in [2.45, 2.75) is 64.9 Å². The second-order valence-corrected chi connectivity index (χ2v) is 7.70. The number of nitrogens with one attached hydrogen (secondary N) is 1. The lowest BCUT2D eigenvalue weighted by molar-refractivity contribution is -0.146. The van der Waals surface area contributed by atoms with Crippen LogP contribution in [0.25, 0.3) is 0 Å². The zero-order valence-corrected chi connectivity index (χ0v) is 18.5. The van der Waals surface area contributed by atoms with E-state index in [4.69, 9.17) is 9.47 Å². The molecule has 0 saturated heterocycles. The van der Waals surface area contributed by atoms with Gasteiger partial charge in [-0.2, -0.15) is 0 Å². The number of carbonyl (C=O) groups is 1. The maximum atomic E-state index is 12.5. The van der Waals surface area contributed by atoms with Crippen LogP contribution in [0.4, 0.5) is 5.69 Å². The lowest BCUT2D eigenvalue weighted by Crippen LogP contribution is -2.30. The third-order valence-electron chi connectivity index (χ3n) is 5.31. The average Bonchev–Trinajstić information content (AvgIpc) is 2.78. The highest BCUT2D eigenvalue weighted by atomic mass is 16.5. The smallest absolute Gasteiger partial charge is 0.309 e. The Morgan fingerprint density at radius 2 is 1.63 bits per heavy atom. The van der Waals surface area contributed by atoms with Crippen LogP contribution in [0.15, 0.2) is 60.7 Å². The quantitative estimate of drug-likeness (QED) is 0.269. The minimum atomic E-state index is -0.165. The summed E-state index contributed by atoms with van der Waals surface area (Å²) in [5, 5.41) is 3.37. The number of benzene rings is 2. The fourth-order valence-electron chi connectivity index (χ4n) is 3.52. The first kappa shape index (κ1) is 23.8. The zero-order chi connectivity index (χ0) is 21.4. The van der Waals surface area contributed by atoms with Gasteiger partial charge in [-0.1, -0.05) is 63.1 Å². The molecule has 0 aliphatic rings. The summed E-state index contributed by atoms with van der Waals surface area (Å²) < 4.78 is 11.7. The highest BCUT2D eigenvalue weighted by Crippen LogP contribution is 2.25. The largest absolute Gasteiger partial charge is 0.490 e. The molecule has 2 unspecified atom stereocenters. The molecule has 0 radical (unpaired) electrons. The van der Waals surface area contributed by atoms with Crippen LogP contribution < -0.4 is 10.1 Å². The SMILES string of the molecule is CCCCC(CC)C(CC(=O)OCCCCNc1ccccc1)Oc1ccccc1. The van der Waals surface area contributed by atoms with Crippen molar-refractivity contribution < 1.29 is 14.3 Å². The van der Waals surface area contributed by atoms with E-state index in [-0.39, 0.29) is 12.1 Å². The Kier molecular flexibility index (Phi) is 11.5. The monoisotopic (exact) mass is 411 g/mol. The van der Waals surface area contributed by atoms with E-state index in [0.717, 1.165) is 56.5 Å². The van der Waals surface area contributed by atoms with Gasteiger partial charge >= 0.3 is 5.97 Å². The molecule has 0 fully saturated rings. The summed E-state index contributed by atoms with van der Waals surface area (Å²) in [6, 6.07) is 19.9. The van der Waals surface area contributed by atoms with Gasteiger partial charge < -0.3 is 14.8 Å². The summed E-state index contributed by atoms with van der Waals surface area (Å²) >= 11 is 0. The topological polar surface area (TPSA) is 47.6 Å². The maximum Gasteiger partial charge on any atom is 0.309 e. The normalized spacial score (nSPS) is 12.7. The lowest BCUT2D eigenvalue weighted by atomic mass is 9.91. The van der Waals surface area contributed by atoms with Gasteiger partial charge in [0.1, 0.15) is 11.9 Å². The molecule has 2 rings (SSSR count). The molecule has 2 aromatic rings. The number of hydrogen-bond acceptors (Lipinski definition) is 4. The average molecular weight is 412 g/mol. The van der Waals surface area contributed by atoms with Crippen LogP contribution in [0, 0.1) is 5.92 Å². The fourth-order valence-corrected chi connectivity index (χ4v) is 3.52. The second-order valence-electron chi connectivity index (χ2n) is 7.70. The molecule has 30 heavy (non-hydrogen) atoms. The summed E-state index contributed by atoms with van der Waals surface area (Å²) in [5.74, 6) is 1.01. The Labute approximate surface area is 182 Å². The number of unbranched alkanes of at least 4 members (excludes halogenated alkanes) is 2. The first-order chi connectivity index (χ1) is 14.7. The van der Waals surface area contributed by atoms with Crippen molar-refractivity contribution in [3.05, 3.63) is 60.7 Å². The van der Waals surface area contributed by atoms with Crippen LogP contribution in [0.1, 0.15) is 58.8 Å². The van der Waals surface area contributed by atoms with Gasteiger partial charge in [0.05, 0.1) is 13.0 Å². The third kappa shape index (κ3) is 9.34. The predicted molar refractivity (Wildman–Crippen MR) is 124 cm³/mol. The Bertz CT molecular complexity index is 690. The number of ether oxygens (including phenoxy) is 2. The number of carbonyl (C=O) groups excluding carboxylic acids is 1. The summed E-state index contributed by atoms with van der Waals surface area (Å²) in [5.41, 5.74) is 1.12. The van der Waals surface area contributed by atoms with Crippen molar-refractivity contribution >= 4 is 11.7 Å². The van der Waals surface area contributed by atoms with Crippen LogP contribution in [0.2, 0.25) is 0 Å². The molecule has 4 heteroatoms. The van der Waals surface area contributed by atoms with E-state index in [9.17, 15) is 4.79 Å². The molecular weight excluding hydrogens is 374 g/mol. The number of hydrogen-bond donors (Lipinski definition) is 1. The standard InChI is InChI=1S/C26H37NO3/c1-3-5-14-22(4-2)25(30-24-17-10-7-11-18-24)21-26(28)29-20-13-12-19-27-23-15-8-6-9-16-23/h6-11,15-18,22,25,27H,3-5,12-14,19-21H2,1-2H3. The Balaban J connectivity index is 1.75. The molecule has 4 nitrogen and oxygen atoms in total. The minimum Gasteiger partial charge on any atom is -0.490 e. The maximum absolute atomic E-state index is 12.5. The highest BCUT2D eigenvalue weighted by molar-refractivity contribution is 5.70. The first-order valence-corrected chi connectivity index (χ1v) is 11.4. The van der Waals surface area contributed by atoms with Gasteiger partial charge in [-0.25, -0.2) is 0 Å². The van der Waals surface area contributed by atoms with Gasteiger partial charge in [0.15, 0.2) is 0 Å². The van der Waals surface area contributed by atoms with Crippen molar-refractivity contribution in [3.63, 3.8) is 0 Å². The summed E-state index contributed by atoms with van der Waals surface area (Å²) in [6.07, 6.45) is 6.34. The van der Waals surface area contributed by atoms with Gasteiger partial charge in [0.2, 0.25) is 0 Å². The van der Waals surface area contributed by atoms with Crippen LogP contribution in [-0.4, -0.2) is 25.2 Å². The van der Waals surface area contributed by atoms with E-state index in [1.807, 2.05) is 48.5 Å². The lowest BCUT2D eigenvalue weighted by Gasteiger charge is -2.26. The van der Waals surface area contributed by atoms with Crippen molar-refractivity contribution in [2.75, 3.05) is 18.5 Å². The fraction of sp³-hybridized carbons (Fsp3) is 0.500.